The van der Waals surface area contributed by atoms with Gasteiger partial charge < -0.3 is 4.57 Å². The molecule has 0 amide bonds. The molecule has 0 spiro atoms. The van der Waals surface area contributed by atoms with Crippen LogP contribution < -0.4 is 0 Å². The highest BCUT2D eigenvalue weighted by molar-refractivity contribution is 7.08. The quantitative estimate of drug-likeness (QED) is 0.716. The Kier molecular flexibility index (Phi) is 2.13. The Morgan fingerprint density at radius 2 is 2.47 bits per heavy atom. The molecule has 0 saturated carbocycles. The van der Waals surface area contributed by atoms with Gasteiger partial charge in [0.15, 0.2) is 0 Å². The summed E-state index contributed by atoms with van der Waals surface area (Å²) in [5.74, 6) is 1.88. The fourth-order valence-corrected chi connectivity index (χ4v) is 2.90. The molecule has 0 aromatic carbocycles. The normalized spacial score (nSPS) is 20.2. The summed E-state index contributed by atoms with van der Waals surface area (Å²) in [5, 5.41) is 4.27. The van der Waals surface area contributed by atoms with E-state index in [0.717, 1.165) is 12.2 Å². The molecule has 0 fully saturated rings. The van der Waals surface area contributed by atoms with E-state index in [1.54, 1.807) is 11.3 Å². The van der Waals surface area contributed by atoms with Gasteiger partial charge in [0.1, 0.15) is 5.82 Å². The molecular formula is C12H14N2S. The van der Waals surface area contributed by atoms with Crippen LogP contribution in [0, 0.1) is 0 Å². The van der Waals surface area contributed by atoms with Crippen LogP contribution in [0.15, 0.2) is 23.0 Å². The lowest BCUT2D eigenvalue weighted by molar-refractivity contribution is 0.463. The zero-order valence-electron chi connectivity index (χ0n) is 8.81. The fourth-order valence-electron chi connectivity index (χ4n) is 2.25. The van der Waals surface area contributed by atoms with Crippen molar-refractivity contribution < 1.29 is 0 Å². The Balaban J connectivity index is 2.06. The van der Waals surface area contributed by atoms with E-state index in [1.165, 1.54) is 24.2 Å². The first-order chi connectivity index (χ1) is 7.34. The monoisotopic (exact) mass is 218 g/mol. The second-order valence-electron chi connectivity index (χ2n) is 4.23. The minimum Gasteiger partial charge on any atom is -0.334 e. The van der Waals surface area contributed by atoms with Gasteiger partial charge in [0.25, 0.3) is 0 Å². The molecule has 1 aliphatic heterocycles. The molecule has 0 unspecified atom stereocenters. The van der Waals surface area contributed by atoms with E-state index < -0.39 is 0 Å². The smallest absolute Gasteiger partial charge is 0.112 e. The maximum Gasteiger partial charge on any atom is 0.112 e. The summed E-state index contributed by atoms with van der Waals surface area (Å²) >= 11 is 1.73. The molecule has 0 bridgehead atoms. The molecule has 0 aliphatic carbocycles. The summed E-state index contributed by atoms with van der Waals surface area (Å²) in [4.78, 5) is 4.74. The molecule has 3 rings (SSSR count). The maximum absolute atomic E-state index is 4.74. The second-order valence-corrected chi connectivity index (χ2v) is 5.01. The van der Waals surface area contributed by atoms with E-state index in [2.05, 4.69) is 34.5 Å². The number of imidazole rings is 1. The number of aryl methyl sites for hydroxylation is 1. The number of aromatic nitrogens is 2. The topological polar surface area (TPSA) is 17.8 Å². The van der Waals surface area contributed by atoms with Crippen molar-refractivity contribution in [2.75, 3.05) is 0 Å². The molecule has 15 heavy (non-hydrogen) atoms. The molecule has 78 valence electrons. The number of hydrogen-bond donors (Lipinski definition) is 0. The summed E-state index contributed by atoms with van der Waals surface area (Å²) in [6, 6.07) is 2.14. The van der Waals surface area contributed by atoms with Gasteiger partial charge in [-0.05, 0) is 24.3 Å². The maximum atomic E-state index is 4.74. The molecular weight excluding hydrogens is 204 g/mol. The van der Waals surface area contributed by atoms with E-state index in [1.807, 2.05) is 0 Å². The van der Waals surface area contributed by atoms with Crippen LogP contribution >= 0.6 is 11.3 Å². The van der Waals surface area contributed by atoms with E-state index in [4.69, 9.17) is 4.98 Å². The number of rotatable bonds is 1. The minimum absolute atomic E-state index is 0.617. The van der Waals surface area contributed by atoms with Crippen LogP contribution in [0.5, 0.6) is 0 Å². The van der Waals surface area contributed by atoms with Crippen molar-refractivity contribution in [3.05, 3.63) is 28.8 Å². The fraction of sp³-hybridized carbons (Fsp3) is 0.417. The molecule has 0 N–H and O–H groups in total. The van der Waals surface area contributed by atoms with Crippen LogP contribution in [0.1, 0.15) is 31.5 Å². The molecule has 0 saturated heterocycles. The molecule has 3 heteroatoms. The first-order valence-electron chi connectivity index (χ1n) is 5.44. The van der Waals surface area contributed by atoms with Gasteiger partial charge >= 0.3 is 0 Å². The Hall–Kier alpha value is -1.09. The third-order valence-electron chi connectivity index (χ3n) is 3.10. The van der Waals surface area contributed by atoms with Gasteiger partial charge in [0, 0.05) is 29.6 Å². The summed E-state index contributed by atoms with van der Waals surface area (Å²) in [5.41, 5.74) is 2.40. The highest BCUT2D eigenvalue weighted by Crippen LogP contribution is 2.29. The van der Waals surface area contributed by atoms with Crippen molar-refractivity contribution in [2.45, 2.75) is 32.2 Å². The zero-order chi connectivity index (χ0) is 10.3. The summed E-state index contributed by atoms with van der Waals surface area (Å²) in [6.07, 6.45) is 4.76. The third-order valence-corrected chi connectivity index (χ3v) is 3.78. The molecule has 2 nitrogen and oxygen atoms in total. The Morgan fingerprint density at radius 3 is 3.20 bits per heavy atom. The average molecular weight is 218 g/mol. The number of thiophene rings is 1. The van der Waals surface area contributed by atoms with Crippen LogP contribution in [0.4, 0.5) is 0 Å². The van der Waals surface area contributed by atoms with Crippen molar-refractivity contribution in [1.82, 2.24) is 9.55 Å². The average Bonchev–Trinajstić information content (AvgIpc) is 2.86. The molecule has 2 aromatic heterocycles. The van der Waals surface area contributed by atoms with Crippen molar-refractivity contribution in [1.29, 1.82) is 0 Å². The first kappa shape index (κ1) is 9.16. The predicted molar refractivity (Wildman–Crippen MR) is 63.2 cm³/mol. The molecule has 2 aromatic rings. The van der Waals surface area contributed by atoms with Crippen LogP contribution in [0.2, 0.25) is 0 Å². The van der Waals surface area contributed by atoms with E-state index in [-0.39, 0.29) is 0 Å². The van der Waals surface area contributed by atoms with Gasteiger partial charge in [0.05, 0.1) is 5.69 Å². The van der Waals surface area contributed by atoms with E-state index in [9.17, 15) is 0 Å². The molecule has 3 heterocycles. The van der Waals surface area contributed by atoms with Gasteiger partial charge in [-0.15, -0.1) is 0 Å². The lowest BCUT2D eigenvalue weighted by atomic mass is 10.0. The number of hydrogen-bond acceptors (Lipinski definition) is 2. The lowest BCUT2D eigenvalue weighted by Gasteiger charge is -2.19. The number of fused-ring (bicyclic) bond motifs is 1. The van der Waals surface area contributed by atoms with Gasteiger partial charge in [-0.2, -0.15) is 11.3 Å². The Bertz CT molecular complexity index is 456. The molecule has 0 radical (unpaired) electrons. The first-order valence-corrected chi connectivity index (χ1v) is 6.38. The highest BCUT2D eigenvalue weighted by Gasteiger charge is 2.19. The Morgan fingerprint density at radius 1 is 1.53 bits per heavy atom. The van der Waals surface area contributed by atoms with Crippen LogP contribution in [0.3, 0.4) is 0 Å². The van der Waals surface area contributed by atoms with E-state index in [0.29, 0.717) is 5.92 Å². The minimum atomic E-state index is 0.617. The summed E-state index contributed by atoms with van der Waals surface area (Å²) < 4.78 is 2.32. The molecule has 1 aliphatic rings. The van der Waals surface area contributed by atoms with Crippen molar-refractivity contribution in [3.63, 3.8) is 0 Å². The third kappa shape index (κ3) is 1.51. The van der Waals surface area contributed by atoms with Crippen LogP contribution in [-0.4, -0.2) is 9.55 Å². The number of nitrogens with zero attached hydrogens (tertiary/aromatic N) is 2. The largest absolute Gasteiger partial charge is 0.334 e. The zero-order valence-corrected chi connectivity index (χ0v) is 9.63. The highest BCUT2D eigenvalue weighted by atomic mass is 32.1. The lowest BCUT2D eigenvalue weighted by Crippen LogP contribution is -2.12. The molecule has 1 atom stereocenters. The Labute approximate surface area is 93.6 Å². The second kappa shape index (κ2) is 3.49. The standard InChI is InChI=1S/C12H14N2S/c1-9-3-2-5-14-7-11(13-12(9)14)10-4-6-15-8-10/h4,6-9H,2-3,5H2,1H3/t9-/m0/s1. The van der Waals surface area contributed by atoms with Gasteiger partial charge in [-0.3, -0.25) is 0 Å². The summed E-state index contributed by atoms with van der Waals surface area (Å²) in [6.45, 7) is 3.41. The van der Waals surface area contributed by atoms with Gasteiger partial charge in [-0.1, -0.05) is 6.92 Å². The van der Waals surface area contributed by atoms with Gasteiger partial charge in [-0.25, -0.2) is 4.98 Å². The van der Waals surface area contributed by atoms with Crippen molar-refractivity contribution in [2.24, 2.45) is 0 Å². The van der Waals surface area contributed by atoms with Crippen molar-refractivity contribution in [3.8, 4) is 11.3 Å². The van der Waals surface area contributed by atoms with Gasteiger partial charge in [0.2, 0.25) is 0 Å². The van der Waals surface area contributed by atoms with Crippen LogP contribution in [0.25, 0.3) is 11.3 Å². The van der Waals surface area contributed by atoms with Crippen LogP contribution in [-0.2, 0) is 6.54 Å². The predicted octanol–water partition coefficient (Wildman–Crippen LogP) is 3.51. The SMILES string of the molecule is C[C@H]1CCCn2cc(-c3ccsc3)nc21. The van der Waals surface area contributed by atoms with E-state index >= 15 is 0 Å². The summed E-state index contributed by atoms with van der Waals surface area (Å²) in [7, 11) is 0. The van der Waals surface area contributed by atoms with Crippen molar-refractivity contribution >= 4 is 11.3 Å².